The highest BCUT2D eigenvalue weighted by molar-refractivity contribution is 5.45. The van der Waals surface area contributed by atoms with Crippen LogP contribution in [0.15, 0.2) is 0 Å². The van der Waals surface area contributed by atoms with E-state index in [0.717, 1.165) is 25.7 Å². The Morgan fingerprint density at radius 1 is 1.23 bits per heavy atom. The van der Waals surface area contributed by atoms with Crippen LogP contribution in [0, 0.1) is 11.3 Å². The standard InChI is InChI=1S/C9H15N3O/c10-7-9(12-11-8-13)5-3-1-2-4-6-9/h8,12H,1-6H2,(H,11,13). The predicted octanol–water partition coefficient (Wildman–Crippen LogP) is 0.854. The minimum Gasteiger partial charge on any atom is -0.293 e. The molecule has 0 spiro atoms. The molecule has 1 amide bonds. The molecule has 1 fully saturated rings. The van der Waals surface area contributed by atoms with Gasteiger partial charge in [0, 0.05) is 0 Å². The van der Waals surface area contributed by atoms with Crippen LogP contribution in [0.4, 0.5) is 0 Å². The molecule has 0 radical (unpaired) electrons. The van der Waals surface area contributed by atoms with Gasteiger partial charge in [0.1, 0.15) is 5.54 Å². The largest absolute Gasteiger partial charge is 0.293 e. The smallest absolute Gasteiger partial charge is 0.221 e. The van der Waals surface area contributed by atoms with Crippen LogP contribution in [0.25, 0.3) is 0 Å². The van der Waals surface area contributed by atoms with Crippen molar-refractivity contribution < 1.29 is 4.79 Å². The van der Waals surface area contributed by atoms with Crippen molar-refractivity contribution in [1.82, 2.24) is 10.9 Å². The van der Waals surface area contributed by atoms with Crippen molar-refractivity contribution in [1.29, 1.82) is 5.26 Å². The molecule has 4 nitrogen and oxygen atoms in total. The van der Waals surface area contributed by atoms with Crippen LogP contribution in [-0.2, 0) is 4.79 Å². The van der Waals surface area contributed by atoms with E-state index in [2.05, 4.69) is 16.9 Å². The Kier molecular flexibility index (Phi) is 3.71. The first kappa shape index (κ1) is 10.0. The van der Waals surface area contributed by atoms with E-state index in [0.29, 0.717) is 6.41 Å². The minimum absolute atomic E-state index is 0.530. The van der Waals surface area contributed by atoms with Gasteiger partial charge in [0.2, 0.25) is 6.41 Å². The average Bonchev–Trinajstić information content (AvgIpc) is 2.41. The SMILES string of the molecule is N#CC1(NNC=O)CCCCCC1. The lowest BCUT2D eigenvalue weighted by Crippen LogP contribution is -2.50. The van der Waals surface area contributed by atoms with Crippen molar-refractivity contribution in [3.63, 3.8) is 0 Å². The summed E-state index contributed by atoms with van der Waals surface area (Å²) in [5.41, 5.74) is 4.65. The third kappa shape index (κ3) is 2.71. The zero-order valence-corrected chi connectivity index (χ0v) is 7.68. The monoisotopic (exact) mass is 181 g/mol. The second-order valence-corrected chi connectivity index (χ2v) is 3.50. The third-order valence-corrected chi connectivity index (χ3v) is 2.54. The van der Waals surface area contributed by atoms with Gasteiger partial charge in [0.05, 0.1) is 6.07 Å². The molecule has 72 valence electrons. The fraction of sp³-hybridized carbons (Fsp3) is 0.778. The summed E-state index contributed by atoms with van der Waals surface area (Å²) in [7, 11) is 0. The van der Waals surface area contributed by atoms with Crippen molar-refractivity contribution in [2.75, 3.05) is 0 Å². The van der Waals surface area contributed by atoms with Crippen LogP contribution >= 0.6 is 0 Å². The van der Waals surface area contributed by atoms with Gasteiger partial charge in [0.25, 0.3) is 0 Å². The quantitative estimate of drug-likeness (QED) is 0.385. The first-order chi connectivity index (χ1) is 6.33. The highest BCUT2D eigenvalue weighted by Crippen LogP contribution is 2.25. The van der Waals surface area contributed by atoms with Gasteiger partial charge in [0.15, 0.2) is 0 Å². The lowest BCUT2D eigenvalue weighted by atomic mass is 9.93. The average molecular weight is 181 g/mol. The molecule has 4 heteroatoms. The molecular formula is C9H15N3O. The molecule has 0 aromatic carbocycles. The number of carbonyl (C=O) groups is 1. The Balaban J connectivity index is 2.55. The van der Waals surface area contributed by atoms with E-state index in [1.54, 1.807) is 0 Å². The van der Waals surface area contributed by atoms with Crippen LogP contribution in [0.5, 0.6) is 0 Å². The van der Waals surface area contributed by atoms with E-state index in [4.69, 9.17) is 5.26 Å². The number of carbonyl (C=O) groups excluding carboxylic acids is 1. The molecule has 0 unspecified atom stereocenters. The van der Waals surface area contributed by atoms with E-state index < -0.39 is 5.54 Å². The fourth-order valence-electron chi connectivity index (χ4n) is 1.76. The Morgan fingerprint density at radius 3 is 2.31 bits per heavy atom. The maximum Gasteiger partial charge on any atom is 0.221 e. The summed E-state index contributed by atoms with van der Waals surface area (Å²) in [5, 5.41) is 9.02. The van der Waals surface area contributed by atoms with Crippen LogP contribution in [0.3, 0.4) is 0 Å². The number of rotatable bonds is 3. The molecule has 13 heavy (non-hydrogen) atoms. The number of amides is 1. The molecule has 2 N–H and O–H groups in total. The van der Waals surface area contributed by atoms with Crippen LogP contribution in [0.1, 0.15) is 38.5 Å². The predicted molar refractivity (Wildman–Crippen MR) is 48.4 cm³/mol. The minimum atomic E-state index is -0.530. The van der Waals surface area contributed by atoms with Gasteiger partial charge in [-0.15, -0.1) is 0 Å². The zero-order chi connectivity index (χ0) is 9.57. The normalized spacial score (nSPS) is 21.2. The van der Waals surface area contributed by atoms with Crippen LogP contribution in [-0.4, -0.2) is 11.9 Å². The van der Waals surface area contributed by atoms with Crippen molar-refractivity contribution >= 4 is 6.41 Å². The molecule has 0 aliphatic heterocycles. The van der Waals surface area contributed by atoms with Crippen molar-refractivity contribution in [2.24, 2.45) is 0 Å². The fourth-order valence-corrected chi connectivity index (χ4v) is 1.76. The highest BCUT2D eigenvalue weighted by atomic mass is 16.1. The second-order valence-electron chi connectivity index (χ2n) is 3.50. The van der Waals surface area contributed by atoms with Gasteiger partial charge in [-0.1, -0.05) is 25.7 Å². The van der Waals surface area contributed by atoms with E-state index in [1.807, 2.05) is 0 Å². The van der Waals surface area contributed by atoms with E-state index in [-0.39, 0.29) is 0 Å². The first-order valence-electron chi connectivity index (χ1n) is 4.71. The molecule has 0 bridgehead atoms. The number of nitriles is 1. The molecule has 1 aliphatic carbocycles. The summed E-state index contributed by atoms with van der Waals surface area (Å²) >= 11 is 0. The molecule has 1 aliphatic rings. The summed E-state index contributed by atoms with van der Waals surface area (Å²) in [4.78, 5) is 10.1. The summed E-state index contributed by atoms with van der Waals surface area (Å²) in [6.45, 7) is 0. The Hall–Kier alpha value is -1.08. The van der Waals surface area contributed by atoms with E-state index in [1.165, 1.54) is 12.8 Å². The molecule has 0 saturated heterocycles. The number of nitrogens with one attached hydrogen (secondary N) is 2. The maximum absolute atomic E-state index is 10.1. The number of hydrazine groups is 1. The Bertz CT molecular complexity index is 201. The molecule has 0 aromatic rings. The number of nitrogens with zero attached hydrogens (tertiary/aromatic N) is 1. The summed E-state index contributed by atoms with van der Waals surface area (Å²) in [6.07, 6.45) is 6.71. The third-order valence-electron chi connectivity index (χ3n) is 2.54. The summed E-state index contributed by atoms with van der Waals surface area (Å²) in [5.74, 6) is 0. The van der Waals surface area contributed by atoms with Crippen LogP contribution < -0.4 is 10.9 Å². The highest BCUT2D eigenvalue weighted by Gasteiger charge is 2.30. The Morgan fingerprint density at radius 2 is 1.85 bits per heavy atom. The van der Waals surface area contributed by atoms with Gasteiger partial charge in [-0.25, -0.2) is 5.43 Å². The van der Waals surface area contributed by atoms with Gasteiger partial charge in [-0.05, 0) is 12.8 Å². The lowest BCUT2D eigenvalue weighted by molar-refractivity contribution is -0.110. The Labute approximate surface area is 78.3 Å². The van der Waals surface area contributed by atoms with Gasteiger partial charge in [-0.3, -0.25) is 10.2 Å². The van der Waals surface area contributed by atoms with Crippen molar-refractivity contribution in [2.45, 2.75) is 44.1 Å². The lowest BCUT2D eigenvalue weighted by Gasteiger charge is -2.25. The molecule has 0 heterocycles. The zero-order valence-electron chi connectivity index (χ0n) is 7.68. The van der Waals surface area contributed by atoms with Gasteiger partial charge in [-0.2, -0.15) is 5.26 Å². The summed E-state index contributed by atoms with van der Waals surface area (Å²) < 4.78 is 0. The van der Waals surface area contributed by atoms with Gasteiger partial charge < -0.3 is 0 Å². The van der Waals surface area contributed by atoms with Crippen molar-refractivity contribution in [3.05, 3.63) is 0 Å². The molecule has 1 saturated carbocycles. The van der Waals surface area contributed by atoms with Crippen molar-refractivity contribution in [3.8, 4) is 6.07 Å². The first-order valence-corrected chi connectivity index (χ1v) is 4.71. The van der Waals surface area contributed by atoms with E-state index in [9.17, 15) is 4.79 Å². The molecule has 0 aromatic heterocycles. The van der Waals surface area contributed by atoms with E-state index >= 15 is 0 Å². The second kappa shape index (κ2) is 4.83. The topological polar surface area (TPSA) is 64.9 Å². The number of hydrogen-bond acceptors (Lipinski definition) is 3. The molecule has 1 rings (SSSR count). The molecular weight excluding hydrogens is 166 g/mol. The van der Waals surface area contributed by atoms with Gasteiger partial charge >= 0.3 is 0 Å². The molecule has 0 atom stereocenters. The maximum atomic E-state index is 10.1. The summed E-state index contributed by atoms with van der Waals surface area (Å²) in [6, 6.07) is 2.26. The number of hydrogen-bond donors (Lipinski definition) is 2. The van der Waals surface area contributed by atoms with Crippen LogP contribution in [0.2, 0.25) is 0 Å².